The minimum absolute atomic E-state index is 0.515. The summed E-state index contributed by atoms with van der Waals surface area (Å²) in [7, 11) is 0. The van der Waals surface area contributed by atoms with Crippen LogP contribution in [0.15, 0.2) is 42.6 Å². The lowest BCUT2D eigenvalue weighted by molar-refractivity contribution is 0.259. The van der Waals surface area contributed by atoms with Gasteiger partial charge in [-0.05, 0) is 56.9 Å². The highest BCUT2D eigenvalue weighted by Crippen LogP contribution is 2.43. The Balaban J connectivity index is 1.78. The highest BCUT2D eigenvalue weighted by atomic mass is 32.1. The van der Waals surface area contributed by atoms with Gasteiger partial charge < -0.3 is 5.73 Å². The molecule has 7 nitrogen and oxygen atoms in total. The Morgan fingerprint density at radius 1 is 1.16 bits per heavy atom. The van der Waals surface area contributed by atoms with Crippen LogP contribution in [-0.2, 0) is 12.8 Å². The van der Waals surface area contributed by atoms with Crippen LogP contribution in [0.3, 0.4) is 0 Å². The fourth-order valence-electron chi connectivity index (χ4n) is 4.03. The van der Waals surface area contributed by atoms with E-state index >= 15 is 0 Å². The Labute approximate surface area is 184 Å². The van der Waals surface area contributed by atoms with Gasteiger partial charge in [0, 0.05) is 23.0 Å². The molecule has 3 aromatic heterocycles. The summed E-state index contributed by atoms with van der Waals surface area (Å²) in [6.45, 7) is 4.06. The van der Waals surface area contributed by atoms with Gasteiger partial charge in [0.2, 0.25) is 0 Å². The van der Waals surface area contributed by atoms with Gasteiger partial charge in [0.1, 0.15) is 0 Å². The number of amides is 2. The molecule has 0 unspecified atom stereocenters. The van der Waals surface area contributed by atoms with Crippen molar-refractivity contribution in [1.82, 2.24) is 19.7 Å². The van der Waals surface area contributed by atoms with Crippen molar-refractivity contribution in [2.24, 2.45) is 5.73 Å². The maximum atomic E-state index is 11.4. The molecular weight excluding hydrogens is 408 g/mol. The van der Waals surface area contributed by atoms with E-state index in [1.165, 1.54) is 16.9 Å². The van der Waals surface area contributed by atoms with Crippen LogP contribution < -0.4 is 11.1 Å². The average Bonchev–Trinajstić information content (AvgIpc) is 3.25. The van der Waals surface area contributed by atoms with Gasteiger partial charge in [0.15, 0.2) is 5.13 Å². The Hall–Kier alpha value is -3.52. The number of carbonyl (C=O) groups excluding carboxylic acids is 1. The van der Waals surface area contributed by atoms with E-state index in [0.717, 1.165) is 63.7 Å². The van der Waals surface area contributed by atoms with Gasteiger partial charge >= 0.3 is 6.03 Å². The maximum Gasteiger partial charge on any atom is 0.318 e. The number of pyridine rings is 1. The number of urea groups is 1. The number of carbonyl (C=O) groups is 1. The summed E-state index contributed by atoms with van der Waals surface area (Å²) in [6, 6.07) is 11.7. The van der Waals surface area contributed by atoms with Gasteiger partial charge in [-0.2, -0.15) is 5.10 Å². The number of nitrogens with two attached hydrogens (primary N) is 1. The molecule has 2 amide bonds. The number of hydrogen-bond acceptors (Lipinski definition) is 5. The van der Waals surface area contributed by atoms with Crippen LogP contribution in [0.1, 0.15) is 28.9 Å². The predicted molar refractivity (Wildman–Crippen MR) is 123 cm³/mol. The van der Waals surface area contributed by atoms with E-state index in [9.17, 15) is 4.79 Å². The van der Waals surface area contributed by atoms with Crippen LogP contribution >= 0.6 is 11.3 Å². The molecule has 1 aliphatic rings. The first-order chi connectivity index (χ1) is 15.0. The van der Waals surface area contributed by atoms with Crippen LogP contribution in [0, 0.1) is 13.8 Å². The van der Waals surface area contributed by atoms with E-state index < -0.39 is 6.03 Å². The molecule has 4 aromatic rings. The summed E-state index contributed by atoms with van der Waals surface area (Å²) in [5, 5.41) is 8.23. The minimum atomic E-state index is -0.608. The third-order valence-electron chi connectivity index (χ3n) is 5.49. The van der Waals surface area contributed by atoms with Crippen molar-refractivity contribution >= 4 is 22.5 Å². The number of thiazole rings is 1. The van der Waals surface area contributed by atoms with Crippen molar-refractivity contribution in [3.8, 4) is 27.5 Å². The number of fused-ring (bicyclic) bond motifs is 3. The van der Waals surface area contributed by atoms with Crippen LogP contribution in [0.4, 0.5) is 9.93 Å². The van der Waals surface area contributed by atoms with E-state index in [2.05, 4.69) is 40.4 Å². The van der Waals surface area contributed by atoms with Gasteiger partial charge in [0.25, 0.3) is 0 Å². The highest BCUT2D eigenvalue weighted by Gasteiger charge is 2.28. The van der Waals surface area contributed by atoms with E-state index in [1.807, 2.05) is 36.0 Å². The molecule has 156 valence electrons. The molecule has 0 saturated heterocycles. The summed E-state index contributed by atoms with van der Waals surface area (Å²) < 4.78 is 2.02. The second-order valence-electron chi connectivity index (χ2n) is 7.70. The van der Waals surface area contributed by atoms with Crippen molar-refractivity contribution in [2.75, 3.05) is 5.32 Å². The Bertz CT molecular complexity index is 1290. The molecule has 0 atom stereocenters. The number of rotatable bonds is 3. The number of benzene rings is 1. The molecule has 0 spiro atoms. The molecule has 0 saturated carbocycles. The van der Waals surface area contributed by atoms with Gasteiger partial charge in [-0.15, -0.1) is 0 Å². The molecule has 3 N–H and O–H groups in total. The summed E-state index contributed by atoms with van der Waals surface area (Å²) in [5.41, 5.74) is 13.6. The van der Waals surface area contributed by atoms with Crippen molar-refractivity contribution in [2.45, 2.75) is 33.1 Å². The lowest BCUT2D eigenvalue weighted by Crippen LogP contribution is -2.19. The third-order valence-corrected chi connectivity index (χ3v) is 6.51. The molecule has 8 heteroatoms. The van der Waals surface area contributed by atoms with Crippen molar-refractivity contribution < 1.29 is 4.79 Å². The van der Waals surface area contributed by atoms with Gasteiger partial charge in [-0.3, -0.25) is 10.3 Å². The normalized spacial score (nSPS) is 12.7. The molecule has 5 rings (SSSR count). The maximum absolute atomic E-state index is 11.4. The predicted octanol–water partition coefficient (Wildman–Crippen LogP) is 4.65. The fraction of sp³-hybridized carbons (Fsp3) is 0.217. The van der Waals surface area contributed by atoms with Crippen molar-refractivity contribution in [3.63, 3.8) is 0 Å². The number of nitrogens with one attached hydrogen (secondary N) is 1. The number of para-hydroxylation sites is 1. The summed E-state index contributed by atoms with van der Waals surface area (Å²) >= 11 is 1.45. The van der Waals surface area contributed by atoms with E-state index in [1.54, 1.807) is 0 Å². The molecule has 3 heterocycles. The average molecular weight is 431 g/mol. The smallest absolute Gasteiger partial charge is 0.318 e. The minimum Gasteiger partial charge on any atom is -0.351 e. The first-order valence-corrected chi connectivity index (χ1v) is 11.0. The molecule has 31 heavy (non-hydrogen) atoms. The number of nitrogens with zero attached hydrogens (tertiary/aromatic N) is 4. The molecule has 1 aromatic carbocycles. The summed E-state index contributed by atoms with van der Waals surface area (Å²) in [5.74, 6) is 0. The van der Waals surface area contributed by atoms with Crippen LogP contribution in [0.5, 0.6) is 0 Å². The molecular formula is C23H22N6OS. The van der Waals surface area contributed by atoms with E-state index in [0.29, 0.717) is 5.13 Å². The lowest BCUT2D eigenvalue weighted by Gasteiger charge is -2.10. The zero-order valence-corrected chi connectivity index (χ0v) is 18.2. The van der Waals surface area contributed by atoms with Gasteiger partial charge in [0.05, 0.1) is 27.6 Å². The number of aromatic nitrogens is 4. The topological polar surface area (TPSA) is 98.7 Å². The number of anilines is 1. The number of primary amides is 1. The first-order valence-electron chi connectivity index (χ1n) is 10.2. The largest absolute Gasteiger partial charge is 0.351 e. The lowest BCUT2D eigenvalue weighted by atomic mass is 10.0. The first kappa shape index (κ1) is 19.4. The Morgan fingerprint density at radius 2 is 2.00 bits per heavy atom. The monoisotopic (exact) mass is 430 g/mol. The molecule has 1 aliphatic carbocycles. The van der Waals surface area contributed by atoms with Crippen LogP contribution in [-0.4, -0.2) is 25.8 Å². The van der Waals surface area contributed by atoms with Crippen LogP contribution in [0.25, 0.3) is 27.5 Å². The molecule has 0 fully saturated rings. The Morgan fingerprint density at radius 3 is 2.74 bits per heavy atom. The van der Waals surface area contributed by atoms with Crippen molar-refractivity contribution in [3.05, 3.63) is 65.1 Å². The SMILES string of the molecule is Cc1ccc(-c2nn(-c3ccccc3C)c3c2CCCc2nc(NC(N)=O)sc2-3)cn1. The standard InChI is InChI=1S/C23H22N6OS/c1-13-6-3-4-9-18(13)29-20-16(19(28-29)15-11-10-14(2)25-12-15)7-5-8-17-21(20)31-23(26-17)27-22(24)30/h3-4,6,9-12H,5,7-8H2,1-2H3,(H3,24,26,27,30). The van der Waals surface area contributed by atoms with Gasteiger partial charge in [-0.25, -0.2) is 14.5 Å². The molecule has 0 bridgehead atoms. The number of hydrogen-bond donors (Lipinski definition) is 2. The molecule has 0 aliphatic heterocycles. The van der Waals surface area contributed by atoms with E-state index in [-0.39, 0.29) is 0 Å². The zero-order chi connectivity index (χ0) is 21.5. The molecule has 0 radical (unpaired) electrons. The quantitative estimate of drug-likeness (QED) is 0.494. The summed E-state index contributed by atoms with van der Waals surface area (Å²) in [4.78, 5) is 21.6. The number of aryl methyl sites for hydroxylation is 3. The zero-order valence-electron chi connectivity index (χ0n) is 17.3. The Kier molecular flexibility index (Phi) is 4.78. The summed E-state index contributed by atoms with van der Waals surface area (Å²) in [6.07, 6.45) is 4.57. The van der Waals surface area contributed by atoms with Gasteiger partial charge in [-0.1, -0.05) is 29.5 Å². The second kappa shape index (κ2) is 7.63. The third kappa shape index (κ3) is 3.48. The fourth-order valence-corrected chi connectivity index (χ4v) is 5.11. The second-order valence-corrected chi connectivity index (χ2v) is 8.70. The van der Waals surface area contributed by atoms with Crippen LogP contribution in [0.2, 0.25) is 0 Å². The van der Waals surface area contributed by atoms with E-state index in [4.69, 9.17) is 10.8 Å². The highest BCUT2D eigenvalue weighted by molar-refractivity contribution is 7.19. The van der Waals surface area contributed by atoms with Crippen molar-refractivity contribution in [1.29, 1.82) is 0 Å².